The third-order valence-electron chi connectivity index (χ3n) is 5.82. The van der Waals surface area contributed by atoms with E-state index < -0.39 is 23.6 Å². The number of rotatable bonds is 5. The number of hydrogen-bond acceptors (Lipinski definition) is 3. The minimum atomic E-state index is -0.694. The van der Waals surface area contributed by atoms with Crippen molar-refractivity contribution in [2.45, 2.75) is 31.7 Å². The highest BCUT2D eigenvalue weighted by molar-refractivity contribution is 6.03. The van der Waals surface area contributed by atoms with E-state index in [0.29, 0.717) is 11.3 Å². The monoisotopic (exact) mass is 411 g/mol. The standard InChI is InChI=1S/C23H23F2N3O2/c1-27(23(30)15-7-6-8-15)14-22(29)28-21(17-10-3-5-12-19(17)25)13-20(26-28)16-9-2-4-11-18(16)24/h2-5,9-12,15,21H,6-8,13-14H2,1H3/t21-/m0/s1. The van der Waals surface area contributed by atoms with Gasteiger partial charge in [0.25, 0.3) is 5.91 Å². The second-order valence-electron chi connectivity index (χ2n) is 7.83. The van der Waals surface area contributed by atoms with E-state index in [-0.39, 0.29) is 30.4 Å². The molecule has 30 heavy (non-hydrogen) atoms. The molecule has 5 nitrogen and oxygen atoms in total. The molecular weight excluding hydrogens is 388 g/mol. The Bertz CT molecular complexity index is 1000. The zero-order valence-electron chi connectivity index (χ0n) is 16.7. The fraction of sp³-hybridized carbons (Fsp3) is 0.348. The molecule has 156 valence electrons. The molecule has 1 atom stereocenters. The molecule has 1 saturated carbocycles. The first-order valence-electron chi connectivity index (χ1n) is 10.1. The van der Waals surface area contributed by atoms with E-state index in [1.165, 1.54) is 22.0 Å². The van der Waals surface area contributed by atoms with E-state index in [1.807, 2.05) is 0 Å². The molecule has 2 aliphatic rings. The third kappa shape index (κ3) is 3.84. The minimum Gasteiger partial charge on any atom is -0.336 e. The first-order valence-corrected chi connectivity index (χ1v) is 10.1. The van der Waals surface area contributed by atoms with Crippen LogP contribution in [-0.4, -0.2) is 41.0 Å². The second-order valence-corrected chi connectivity index (χ2v) is 7.83. The summed E-state index contributed by atoms with van der Waals surface area (Å²) in [6, 6.07) is 11.7. The molecule has 0 aromatic heterocycles. The van der Waals surface area contributed by atoms with Crippen LogP contribution in [0.1, 0.15) is 42.9 Å². The maximum atomic E-state index is 14.5. The van der Waals surface area contributed by atoms with Crippen molar-refractivity contribution in [3.05, 3.63) is 71.3 Å². The van der Waals surface area contributed by atoms with E-state index in [1.54, 1.807) is 43.4 Å². The van der Waals surface area contributed by atoms with E-state index >= 15 is 0 Å². The fourth-order valence-corrected chi connectivity index (χ4v) is 3.91. The Morgan fingerprint density at radius 3 is 2.37 bits per heavy atom. The maximum Gasteiger partial charge on any atom is 0.262 e. The van der Waals surface area contributed by atoms with Gasteiger partial charge >= 0.3 is 0 Å². The maximum absolute atomic E-state index is 14.5. The molecule has 0 radical (unpaired) electrons. The highest BCUT2D eigenvalue weighted by Gasteiger charge is 2.36. The average Bonchev–Trinajstić information content (AvgIpc) is 3.12. The van der Waals surface area contributed by atoms with Gasteiger partial charge in [-0.3, -0.25) is 9.59 Å². The van der Waals surface area contributed by atoms with Gasteiger partial charge in [-0.25, -0.2) is 13.8 Å². The van der Waals surface area contributed by atoms with Gasteiger partial charge in [0.05, 0.1) is 11.8 Å². The van der Waals surface area contributed by atoms with Crippen molar-refractivity contribution in [2.75, 3.05) is 13.6 Å². The number of carbonyl (C=O) groups is 2. The van der Waals surface area contributed by atoms with E-state index in [4.69, 9.17) is 0 Å². The van der Waals surface area contributed by atoms with Crippen LogP contribution in [0.3, 0.4) is 0 Å². The summed E-state index contributed by atoms with van der Waals surface area (Å²) >= 11 is 0. The number of carbonyl (C=O) groups excluding carboxylic acids is 2. The quantitative estimate of drug-likeness (QED) is 0.749. The number of nitrogens with zero attached hydrogens (tertiary/aromatic N) is 3. The number of hydrazone groups is 1. The predicted octanol–water partition coefficient (Wildman–Crippen LogP) is 3.90. The van der Waals surface area contributed by atoms with Gasteiger partial charge in [0, 0.05) is 30.5 Å². The van der Waals surface area contributed by atoms with Crippen LogP contribution in [0.2, 0.25) is 0 Å². The number of halogens is 2. The van der Waals surface area contributed by atoms with Crippen LogP contribution in [0.5, 0.6) is 0 Å². The molecule has 1 fully saturated rings. The van der Waals surface area contributed by atoms with Gasteiger partial charge in [0.2, 0.25) is 5.91 Å². The Labute approximate surface area is 174 Å². The lowest BCUT2D eigenvalue weighted by atomic mass is 9.84. The highest BCUT2D eigenvalue weighted by Crippen LogP contribution is 2.35. The van der Waals surface area contributed by atoms with E-state index in [9.17, 15) is 18.4 Å². The molecule has 2 amide bonds. The number of benzene rings is 2. The molecule has 0 spiro atoms. The number of hydrogen-bond donors (Lipinski definition) is 0. The van der Waals surface area contributed by atoms with Crippen LogP contribution < -0.4 is 0 Å². The fourth-order valence-electron chi connectivity index (χ4n) is 3.91. The molecule has 4 rings (SSSR count). The molecule has 1 aliphatic carbocycles. The summed E-state index contributed by atoms with van der Waals surface area (Å²) in [5.41, 5.74) is 0.977. The van der Waals surface area contributed by atoms with Gasteiger partial charge in [0.15, 0.2) is 0 Å². The highest BCUT2D eigenvalue weighted by atomic mass is 19.1. The summed E-state index contributed by atoms with van der Waals surface area (Å²) in [5.74, 6) is -1.42. The van der Waals surface area contributed by atoms with Gasteiger partial charge in [-0.2, -0.15) is 5.10 Å². The van der Waals surface area contributed by atoms with Crippen molar-refractivity contribution in [1.82, 2.24) is 9.91 Å². The van der Waals surface area contributed by atoms with Crippen molar-refractivity contribution in [1.29, 1.82) is 0 Å². The van der Waals surface area contributed by atoms with Crippen LogP contribution in [0.4, 0.5) is 8.78 Å². The average molecular weight is 411 g/mol. The van der Waals surface area contributed by atoms with Crippen molar-refractivity contribution in [2.24, 2.45) is 11.0 Å². The smallest absolute Gasteiger partial charge is 0.262 e. The largest absolute Gasteiger partial charge is 0.336 e. The lowest BCUT2D eigenvalue weighted by Crippen LogP contribution is -2.43. The molecule has 1 aliphatic heterocycles. The number of amides is 2. The summed E-state index contributed by atoms with van der Waals surface area (Å²) in [6.07, 6.45) is 2.90. The first-order chi connectivity index (χ1) is 14.5. The second kappa shape index (κ2) is 8.34. The lowest BCUT2D eigenvalue weighted by Gasteiger charge is -2.30. The molecule has 0 saturated heterocycles. The Morgan fingerprint density at radius 1 is 1.07 bits per heavy atom. The molecule has 0 bridgehead atoms. The zero-order valence-corrected chi connectivity index (χ0v) is 16.7. The summed E-state index contributed by atoms with van der Waals surface area (Å²) in [5, 5.41) is 5.56. The Morgan fingerprint density at radius 2 is 1.73 bits per heavy atom. The Kier molecular flexibility index (Phi) is 5.61. The van der Waals surface area contributed by atoms with Gasteiger partial charge in [0.1, 0.15) is 18.2 Å². The predicted molar refractivity (Wildman–Crippen MR) is 109 cm³/mol. The Hall–Kier alpha value is -3.09. The van der Waals surface area contributed by atoms with Crippen LogP contribution in [0.25, 0.3) is 0 Å². The van der Waals surface area contributed by atoms with E-state index in [0.717, 1.165) is 19.3 Å². The van der Waals surface area contributed by atoms with Gasteiger partial charge in [-0.05, 0) is 25.0 Å². The number of likely N-dealkylation sites (N-methyl/N-ethyl adjacent to an activating group) is 1. The Balaban J connectivity index is 1.61. The van der Waals surface area contributed by atoms with Gasteiger partial charge in [-0.15, -0.1) is 0 Å². The first kappa shape index (κ1) is 20.2. The molecule has 1 heterocycles. The molecule has 2 aromatic carbocycles. The SMILES string of the molecule is CN(CC(=O)N1N=C(c2ccccc2F)C[C@H]1c1ccccc1F)C(=O)C1CCC1. The zero-order chi connectivity index (χ0) is 21.3. The topological polar surface area (TPSA) is 53.0 Å². The van der Waals surface area contributed by atoms with Crippen molar-refractivity contribution >= 4 is 17.5 Å². The minimum absolute atomic E-state index is 0.0266. The van der Waals surface area contributed by atoms with Crippen molar-refractivity contribution in [3.63, 3.8) is 0 Å². The molecule has 7 heteroatoms. The molecule has 0 N–H and O–H groups in total. The van der Waals surface area contributed by atoms with Crippen molar-refractivity contribution < 1.29 is 18.4 Å². The van der Waals surface area contributed by atoms with E-state index in [2.05, 4.69) is 5.10 Å². The lowest BCUT2D eigenvalue weighted by molar-refractivity contribution is -0.144. The van der Waals surface area contributed by atoms with Crippen LogP contribution >= 0.6 is 0 Å². The van der Waals surface area contributed by atoms with Crippen molar-refractivity contribution in [3.8, 4) is 0 Å². The molecule has 0 unspecified atom stereocenters. The molecular formula is C23H23F2N3O2. The normalized spacial score (nSPS) is 18.7. The summed E-state index contributed by atoms with van der Waals surface area (Å²) in [4.78, 5) is 26.9. The summed E-state index contributed by atoms with van der Waals surface area (Å²) in [7, 11) is 1.59. The van der Waals surface area contributed by atoms with Crippen LogP contribution in [-0.2, 0) is 9.59 Å². The third-order valence-corrected chi connectivity index (χ3v) is 5.82. The van der Waals surface area contributed by atoms with Gasteiger partial charge in [-0.1, -0.05) is 42.8 Å². The summed E-state index contributed by atoms with van der Waals surface area (Å²) < 4.78 is 28.8. The summed E-state index contributed by atoms with van der Waals surface area (Å²) in [6.45, 7) is -0.158. The van der Waals surface area contributed by atoms with Gasteiger partial charge < -0.3 is 4.90 Å². The van der Waals surface area contributed by atoms with Crippen LogP contribution in [0, 0.1) is 17.6 Å². The van der Waals surface area contributed by atoms with Crippen LogP contribution in [0.15, 0.2) is 53.6 Å². The molecule has 2 aromatic rings.